The van der Waals surface area contributed by atoms with E-state index in [9.17, 15) is 0 Å². The van der Waals surface area contributed by atoms with Gasteiger partial charge in [0.15, 0.2) is 0 Å². The zero-order valence-corrected chi connectivity index (χ0v) is 13.7. The SMILES string of the molecule is CCC(c1cc(C(C)(C)C)c(Cl)cc1NN)C(C)C. The third-order valence-corrected chi connectivity index (χ3v) is 4.06. The van der Waals surface area contributed by atoms with Gasteiger partial charge in [-0.3, -0.25) is 5.84 Å². The van der Waals surface area contributed by atoms with Crippen molar-refractivity contribution in [1.29, 1.82) is 0 Å². The monoisotopic (exact) mass is 282 g/mol. The van der Waals surface area contributed by atoms with E-state index < -0.39 is 0 Å². The van der Waals surface area contributed by atoms with E-state index in [2.05, 4.69) is 53.0 Å². The number of benzene rings is 1. The van der Waals surface area contributed by atoms with Gasteiger partial charge >= 0.3 is 0 Å². The zero-order chi connectivity index (χ0) is 14.8. The summed E-state index contributed by atoms with van der Waals surface area (Å²) in [6.45, 7) is 13.3. The van der Waals surface area contributed by atoms with Gasteiger partial charge in [0.1, 0.15) is 0 Å². The summed E-state index contributed by atoms with van der Waals surface area (Å²) in [6, 6.07) is 4.19. The Morgan fingerprint density at radius 1 is 1.26 bits per heavy atom. The minimum atomic E-state index is 0.0359. The summed E-state index contributed by atoms with van der Waals surface area (Å²) in [7, 11) is 0. The Morgan fingerprint density at radius 3 is 2.21 bits per heavy atom. The van der Waals surface area contributed by atoms with E-state index in [1.807, 2.05) is 6.07 Å². The maximum Gasteiger partial charge on any atom is 0.0535 e. The summed E-state index contributed by atoms with van der Waals surface area (Å²) in [6.07, 6.45) is 1.09. The van der Waals surface area contributed by atoms with Crippen molar-refractivity contribution in [2.24, 2.45) is 11.8 Å². The number of nitrogens with one attached hydrogen (secondary N) is 1. The molecule has 0 radical (unpaired) electrons. The van der Waals surface area contributed by atoms with E-state index in [1.165, 1.54) is 11.1 Å². The number of halogens is 1. The third-order valence-electron chi connectivity index (χ3n) is 3.75. The summed E-state index contributed by atoms with van der Waals surface area (Å²) in [4.78, 5) is 0. The van der Waals surface area contributed by atoms with Crippen LogP contribution in [0.25, 0.3) is 0 Å². The van der Waals surface area contributed by atoms with Gasteiger partial charge in [0.25, 0.3) is 0 Å². The van der Waals surface area contributed by atoms with Gasteiger partial charge in [-0.05, 0) is 40.9 Å². The Kier molecular flexibility index (Phi) is 5.28. The van der Waals surface area contributed by atoms with Gasteiger partial charge in [-0.1, -0.05) is 59.2 Å². The molecule has 0 saturated carbocycles. The molecule has 0 saturated heterocycles. The van der Waals surface area contributed by atoms with E-state index >= 15 is 0 Å². The molecule has 0 bridgehead atoms. The number of nitrogens with two attached hydrogens (primary N) is 1. The molecule has 0 heterocycles. The number of hydrogen-bond donors (Lipinski definition) is 2. The molecule has 1 aromatic rings. The first kappa shape index (κ1) is 16.3. The number of nitrogen functional groups attached to an aromatic ring is 1. The molecule has 19 heavy (non-hydrogen) atoms. The molecule has 0 fully saturated rings. The van der Waals surface area contributed by atoms with Crippen LogP contribution < -0.4 is 11.3 Å². The highest BCUT2D eigenvalue weighted by atomic mass is 35.5. The summed E-state index contributed by atoms with van der Waals surface area (Å²) in [5.74, 6) is 6.73. The van der Waals surface area contributed by atoms with Crippen LogP contribution in [-0.4, -0.2) is 0 Å². The average molecular weight is 283 g/mol. The van der Waals surface area contributed by atoms with Gasteiger partial charge in [0.2, 0.25) is 0 Å². The van der Waals surface area contributed by atoms with Gasteiger partial charge in [-0.2, -0.15) is 0 Å². The minimum Gasteiger partial charge on any atom is -0.324 e. The van der Waals surface area contributed by atoms with Crippen LogP contribution in [0.1, 0.15) is 65.0 Å². The second-order valence-corrected chi connectivity index (χ2v) is 6.98. The van der Waals surface area contributed by atoms with Crippen LogP contribution in [0.4, 0.5) is 5.69 Å². The molecule has 2 nitrogen and oxygen atoms in total. The van der Waals surface area contributed by atoms with Crippen LogP contribution in [0.2, 0.25) is 5.02 Å². The zero-order valence-electron chi connectivity index (χ0n) is 13.0. The van der Waals surface area contributed by atoms with Gasteiger partial charge in [-0.15, -0.1) is 0 Å². The molecule has 0 aliphatic rings. The van der Waals surface area contributed by atoms with Gasteiger partial charge in [0, 0.05) is 5.02 Å². The predicted molar refractivity (Wildman–Crippen MR) is 85.8 cm³/mol. The topological polar surface area (TPSA) is 38.0 Å². The molecular formula is C16H27ClN2. The molecule has 1 aromatic carbocycles. The lowest BCUT2D eigenvalue weighted by Crippen LogP contribution is -2.18. The normalized spacial score (nSPS) is 13.7. The van der Waals surface area contributed by atoms with Crippen LogP contribution in [0.15, 0.2) is 12.1 Å². The Morgan fingerprint density at radius 2 is 1.84 bits per heavy atom. The van der Waals surface area contributed by atoms with E-state index in [0.29, 0.717) is 11.8 Å². The number of hydrogen-bond acceptors (Lipinski definition) is 2. The van der Waals surface area contributed by atoms with E-state index in [1.54, 1.807) is 0 Å². The second kappa shape index (κ2) is 6.15. The molecule has 0 aromatic heterocycles. The second-order valence-electron chi connectivity index (χ2n) is 6.57. The Labute approximate surface area is 122 Å². The minimum absolute atomic E-state index is 0.0359. The summed E-state index contributed by atoms with van der Waals surface area (Å²) in [5, 5.41) is 0.780. The fourth-order valence-corrected chi connectivity index (χ4v) is 3.09. The molecule has 1 rings (SSSR count). The van der Waals surface area contributed by atoms with Crippen molar-refractivity contribution in [3.05, 3.63) is 28.3 Å². The average Bonchev–Trinajstić information content (AvgIpc) is 2.29. The highest BCUT2D eigenvalue weighted by Crippen LogP contribution is 2.39. The van der Waals surface area contributed by atoms with Crippen LogP contribution >= 0.6 is 11.6 Å². The molecule has 3 N–H and O–H groups in total. The molecule has 108 valence electrons. The quantitative estimate of drug-likeness (QED) is 0.597. The molecule has 0 amide bonds. The van der Waals surface area contributed by atoms with E-state index in [4.69, 9.17) is 17.4 Å². The molecule has 0 aliphatic heterocycles. The van der Waals surface area contributed by atoms with Crippen molar-refractivity contribution in [2.45, 2.75) is 59.3 Å². The number of hydrazine groups is 1. The molecular weight excluding hydrogens is 256 g/mol. The molecule has 0 aliphatic carbocycles. The van der Waals surface area contributed by atoms with Crippen molar-refractivity contribution < 1.29 is 0 Å². The van der Waals surface area contributed by atoms with Crippen molar-refractivity contribution in [2.75, 3.05) is 5.43 Å². The number of rotatable bonds is 4. The van der Waals surface area contributed by atoms with Crippen molar-refractivity contribution in [3.63, 3.8) is 0 Å². The highest BCUT2D eigenvalue weighted by Gasteiger charge is 2.23. The smallest absolute Gasteiger partial charge is 0.0535 e. The molecule has 1 unspecified atom stereocenters. The predicted octanol–water partition coefficient (Wildman–Crippen LogP) is 5.07. The third kappa shape index (κ3) is 3.64. The van der Waals surface area contributed by atoms with Gasteiger partial charge in [0.05, 0.1) is 5.69 Å². The molecule has 3 heteroatoms. The Bertz CT molecular complexity index is 433. The van der Waals surface area contributed by atoms with E-state index in [0.717, 1.165) is 17.1 Å². The first-order chi connectivity index (χ1) is 8.72. The van der Waals surface area contributed by atoms with Crippen LogP contribution in [-0.2, 0) is 5.41 Å². The maximum absolute atomic E-state index is 6.40. The Balaban J connectivity index is 3.44. The molecule has 0 spiro atoms. The largest absolute Gasteiger partial charge is 0.324 e. The summed E-state index contributed by atoms with van der Waals surface area (Å²) in [5.41, 5.74) is 6.23. The lowest BCUT2D eigenvalue weighted by Gasteiger charge is -2.27. The van der Waals surface area contributed by atoms with Crippen molar-refractivity contribution in [3.8, 4) is 0 Å². The standard InChI is InChI=1S/C16H27ClN2/c1-7-11(10(2)3)12-8-13(16(4,5)6)14(17)9-15(12)19-18/h8-11,19H,7,18H2,1-6H3. The Hall–Kier alpha value is -0.730. The lowest BCUT2D eigenvalue weighted by atomic mass is 9.80. The maximum atomic E-state index is 6.40. The van der Waals surface area contributed by atoms with Crippen molar-refractivity contribution in [1.82, 2.24) is 0 Å². The first-order valence-corrected chi connectivity index (χ1v) is 7.40. The van der Waals surface area contributed by atoms with Gasteiger partial charge < -0.3 is 5.43 Å². The fraction of sp³-hybridized carbons (Fsp3) is 0.625. The van der Waals surface area contributed by atoms with Gasteiger partial charge in [-0.25, -0.2) is 0 Å². The first-order valence-electron chi connectivity index (χ1n) is 7.02. The summed E-state index contributed by atoms with van der Waals surface area (Å²) < 4.78 is 0. The molecule has 1 atom stereocenters. The van der Waals surface area contributed by atoms with E-state index in [-0.39, 0.29) is 5.41 Å². The highest BCUT2D eigenvalue weighted by molar-refractivity contribution is 6.31. The lowest BCUT2D eigenvalue weighted by molar-refractivity contribution is 0.484. The number of anilines is 1. The van der Waals surface area contributed by atoms with Crippen LogP contribution in [0.3, 0.4) is 0 Å². The summed E-state index contributed by atoms with van der Waals surface area (Å²) >= 11 is 6.40. The van der Waals surface area contributed by atoms with Crippen LogP contribution in [0, 0.1) is 5.92 Å². The fourth-order valence-electron chi connectivity index (χ4n) is 2.65. The van der Waals surface area contributed by atoms with Crippen molar-refractivity contribution >= 4 is 17.3 Å². The van der Waals surface area contributed by atoms with Crippen LogP contribution in [0.5, 0.6) is 0 Å².